The van der Waals surface area contributed by atoms with Gasteiger partial charge in [-0.1, -0.05) is 25.5 Å². The highest BCUT2D eigenvalue weighted by Gasteiger charge is 2.25. The van der Waals surface area contributed by atoms with Crippen molar-refractivity contribution in [3.63, 3.8) is 0 Å². The highest BCUT2D eigenvalue weighted by Crippen LogP contribution is 2.32. The molecule has 1 amide bonds. The molecule has 3 rings (SSSR count). The first-order valence-corrected chi connectivity index (χ1v) is 10.2. The van der Waals surface area contributed by atoms with Crippen LogP contribution in [-0.4, -0.2) is 31.0 Å². The number of aryl methyl sites for hydroxylation is 1. The van der Waals surface area contributed by atoms with Crippen molar-refractivity contribution in [3.05, 3.63) is 59.4 Å². The molecule has 28 heavy (non-hydrogen) atoms. The van der Waals surface area contributed by atoms with Crippen LogP contribution in [0.5, 0.6) is 5.75 Å². The Morgan fingerprint density at radius 2 is 2.18 bits per heavy atom. The summed E-state index contributed by atoms with van der Waals surface area (Å²) in [7, 11) is 0. The monoisotopic (exact) mass is 384 g/mol. The second-order valence-corrected chi connectivity index (χ2v) is 7.28. The predicted octanol–water partition coefficient (Wildman–Crippen LogP) is 4.95. The lowest BCUT2D eigenvalue weighted by Crippen LogP contribution is -2.28. The Balaban J connectivity index is 1.58. The molecular formula is C23H29FN2O2. The van der Waals surface area contributed by atoms with Crippen molar-refractivity contribution in [2.45, 2.75) is 45.1 Å². The number of likely N-dealkylation sites (tertiary alicyclic amines) is 1. The molecule has 150 valence electrons. The van der Waals surface area contributed by atoms with Crippen molar-refractivity contribution < 1.29 is 13.9 Å². The fourth-order valence-electron chi connectivity index (χ4n) is 3.90. The number of benzene rings is 2. The van der Waals surface area contributed by atoms with Gasteiger partial charge in [0.15, 0.2) is 0 Å². The fourth-order valence-corrected chi connectivity index (χ4v) is 3.90. The highest BCUT2D eigenvalue weighted by molar-refractivity contribution is 5.73. The summed E-state index contributed by atoms with van der Waals surface area (Å²) in [6.45, 7) is 4.55. The number of hydrogen-bond donors (Lipinski definition) is 1. The maximum absolute atomic E-state index is 13.6. The molecule has 1 unspecified atom stereocenters. The molecule has 0 bridgehead atoms. The van der Waals surface area contributed by atoms with Crippen LogP contribution < -0.4 is 10.1 Å². The Hall–Kier alpha value is -2.40. The summed E-state index contributed by atoms with van der Waals surface area (Å²) in [5.41, 5.74) is 3.00. The zero-order chi connectivity index (χ0) is 19.8. The van der Waals surface area contributed by atoms with Gasteiger partial charge in [-0.15, -0.1) is 0 Å². The van der Waals surface area contributed by atoms with Crippen LogP contribution in [0.1, 0.15) is 49.8 Å². The summed E-state index contributed by atoms with van der Waals surface area (Å²) < 4.78 is 19.6. The van der Waals surface area contributed by atoms with E-state index in [0.717, 1.165) is 67.8 Å². The predicted molar refractivity (Wildman–Crippen MR) is 110 cm³/mol. The Morgan fingerprint density at radius 3 is 2.96 bits per heavy atom. The van der Waals surface area contributed by atoms with Crippen LogP contribution in [0.15, 0.2) is 42.5 Å². The second-order valence-electron chi connectivity index (χ2n) is 7.28. The minimum absolute atomic E-state index is 0.177. The van der Waals surface area contributed by atoms with Crippen molar-refractivity contribution in [1.82, 2.24) is 4.90 Å². The van der Waals surface area contributed by atoms with E-state index in [4.69, 9.17) is 4.74 Å². The molecule has 1 N–H and O–H groups in total. The SMILES string of the molecule is CCCCc1cc(OCCN2CCCC2c2cccc(F)c2)ccc1NC=O. The van der Waals surface area contributed by atoms with E-state index in [-0.39, 0.29) is 11.9 Å². The summed E-state index contributed by atoms with van der Waals surface area (Å²) in [5, 5.41) is 2.77. The molecule has 1 atom stereocenters. The summed E-state index contributed by atoms with van der Waals surface area (Å²) >= 11 is 0. The van der Waals surface area contributed by atoms with Crippen LogP contribution in [0.25, 0.3) is 0 Å². The quantitative estimate of drug-likeness (QED) is 0.589. The first kappa shape index (κ1) is 20.3. The Labute approximate surface area is 166 Å². The molecule has 0 aliphatic carbocycles. The van der Waals surface area contributed by atoms with Gasteiger partial charge >= 0.3 is 0 Å². The zero-order valence-corrected chi connectivity index (χ0v) is 16.5. The number of unbranched alkanes of at least 4 members (excludes halogenated alkanes) is 1. The van der Waals surface area contributed by atoms with E-state index in [1.54, 1.807) is 12.1 Å². The third-order valence-electron chi connectivity index (χ3n) is 5.34. The molecule has 2 aromatic rings. The van der Waals surface area contributed by atoms with Gasteiger partial charge in [-0.2, -0.15) is 0 Å². The molecule has 2 aromatic carbocycles. The maximum atomic E-state index is 13.6. The smallest absolute Gasteiger partial charge is 0.211 e. The minimum atomic E-state index is -0.177. The third kappa shape index (κ3) is 5.32. The van der Waals surface area contributed by atoms with Gasteiger partial charge in [0.05, 0.1) is 0 Å². The van der Waals surface area contributed by atoms with E-state index in [1.165, 1.54) is 6.07 Å². The summed E-state index contributed by atoms with van der Waals surface area (Å²) in [5.74, 6) is 0.647. The largest absolute Gasteiger partial charge is 0.492 e. The molecule has 0 saturated carbocycles. The van der Waals surface area contributed by atoms with Crippen LogP contribution in [-0.2, 0) is 11.2 Å². The number of nitrogens with zero attached hydrogens (tertiary/aromatic N) is 1. The zero-order valence-electron chi connectivity index (χ0n) is 16.5. The fraction of sp³-hybridized carbons (Fsp3) is 0.435. The topological polar surface area (TPSA) is 41.6 Å². The second kappa shape index (κ2) is 10.2. The van der Waals surface area contributed by atoms with Crippen molar-refractivity contribution in [3.8, 4) is 5.75 Å². The van der Waals surface area contributed by atoms with Crippen LogP contribution in [0, 0.1) is 5.82 Å². The number of halogens is 1. The number of ether oxygens (including phenoxy) is 1. The average molecular weight is 384 g/mol. The Morgan fingerprint density at radius 1 is 1.29 bits per heavy atom. The number of rotatable bonds is 10. The minimum Gasteiger partial charge on any atom is -0.492 e. The Bertz CT molecular complexity index is 781. The lowest BCUT2D eigenvalue weighted by atomic mass is 10.0. The summed E-state index contributed by atoms with van der Waals surface area (Å²) in [6, 6.07) is 13.0. The highest BCUT2D eigenvalue weighted by atomic mass is 19.1. The van der Waals surface area contributed by atoms with Crippen molar-refractivity contribution >= 4 is 12.1 Å². The van der Waals surface area contributed by atoms with E-state index in [1.807, 2.05) is 24.3 Å². The third-order valence-corrected chi connectivity index (χ3v) is 5.34. The van der Waals surface area contributed by atoms with Gasteiger partial charge in [-0.3, -0.25) is 9.69 Å². The molecule has 1 aliphatic rings. The van der Waals surface area contributed by atoms with Gasteiger partial charge in [0.25, 0.3) is 0 Å². The number of hydrogen-bond acceptors (Lipinski definition) is 3. The molecule has 4 nitrogen and oxygen atoms in total. The first-order chi connectivity index (χ1) is 13.7. The van der Waals surface area contributed by atoms with E-state index in [9.17, 15) is 9.18 Å². The number of anilines is 1. The van der Waals surface area contributed by atoms with Gasteiger partial charge < -0.3 is 10.1 Å². The molecule has 5 heteroatoms. The van der Waals surface area contributed by atoms with Crippen molar-refractivity contribution in [2.24, 2.45) is 0 Å². The molecular weight excluding hydrogens is 355 g/mol. The molecule has 0 aromatic heterocycles. The van der Waals surface area contributed by atoms with Crippen LogP contribution >= 0.6 is 0 Å². The first-order valence-electron chi connectivity index (χ1n) is 10.2. The van der Waals surface area contributed by atoms with Crippen LogP contribution in [0.3, 0.4) is 0 Å². The molecule has 1 fully saturated rings. The lowest BCUT2D eigenvalue weighted by Gasteiger charge is -2.25. The molecule has 1 aliphatic heterocycles. The maximum Gasteiger partial charge on any atom is 0.211 e. The summed E-state index contributed by atoms with van der Waals surface area (Å²) in [6.07, 6.45) is 5.97. The lowest BCUT2D eigenvalue weighted by molar-refractivity contribution is -0.105. The average Bonchev–Trinajstić information content (AvgIpc) is 3.16. The van der Waals surface area contributed by atoms with E-state index in [2.05, 4.69) is 17.1 Å². The molecule has 1 saturated heterocycles. The normalized spacial score (nSPS) is 16.9. The van der Waals surface area contributed by atoms with Gasteiger partial charge in [0.1, 0.15) is 18.2 Å². The number of nitrogens with one attached hydrogen (secondary N) is 1. The number of carbonyl (C=O) groups excluding carboxylic acids is 1. The van der Waals surface area contributed by atoms with Crippen molar-refractivity contribution in [2.75, 3.05) is 25.0 Å². The van der Waals surface area contributed by atoms with E-state index in [0.29, 0.717) is 13.0 Å². The van der Waals surface area contributed by atoms with Crippen molar-refractivity contribution in [1.29, 1.82) is 0 Å². The number of carbonyl (C=O) groups is 1. The molecule has 0 spiro atoms. The van der Waals surface area contributed by atoms with E-state index >= 15 is 0 Å². The molecule has 1 heterocycles. The van der Waals surface area contributed by atoms with Crippen LogP contribution in [0.4, 0.5) is 10.1 Å². The van der Waals surface area contributed by atoms with Gasteiger partial charge in [-0.05, 0) is 73.7 Å². The van der Waals surface area contributed by atoms with Crippen LogP contribution in [0.2, 0.25) is 0 Å². The number of amides is 1. The standard InChI is InChI=1S/C23H29FN2O2/c1-2-3-6-18-16-21(10-11-22(18)25-17-27)28-14-13-26-12-5-9-23(26)19-7-4-8-20(24)15-19/h4,7-8,10-11,15-17,23H,2-3,5-6,9,12-14H2,1H3,(H,25,27). The van der Waals surface area contributed by atoms with E-state index < -0.39 is 0 Å². The molecule has 0 radical (unpaired) electrons. The summed E-state index contributed by atoms with van der Waals surface area (Å²) in [4.78, 5) is 13.2. The van der Waals surface area contributed by atoms with Gasteiger partial charge in [-0.25, -0.2) is 4.39 Å². The van der Waals surface area contributed by atoms with Gasteiger partial charge in [0, 0.05) is 18.3 Å². The van der Waals surface area contributed by atoms with Gasteiger partial charge in [0.2, 0.25) is 6.41 Å². The Kier molecular flexibility index (Phi) is 7.43.